The monoisotopic (exact) mass is 1620 g/mol. The van der Waals surface area contributed by atoms with Gasteiger partial charge in [-0.2, -0.15) is 0 Å². The zero-order valence-electron chi connectivity index (χ0n) is 41.4. The molecule has 0 unspecified atom stereocenters. The van der Waals surface area contributed by atoms with Gasteiger partial charge in [0.25, 0.3) is 0 Å². The largest absolute Gasteiger partial charge is 0.412 e. The average Bonchev–Trinajstić information content (AvgIpc) is 2.67. The van der Waals surface area contributed by atoms with E-state index in [-0.39, 0.29) is 276 Å². The van der Waals surface area contributed by atoms with Crippen molar-refractivity contribution >= 4 is 0 Å². The van der Waals surface area contributed by atoms with Crippen molar-refractivity contribution in [1.82, 2.24) is 0 Å². The van der Waals surface area contributed by atoms with Crippen molar-refractivity contribution in [3.05, 3.63) is 0 Å². The Morgan fingerprint density at radius 1 is 0.138 bits per heavy atom. The van der Waals surface area contributed by atoms with Crippen LogP contribution in [0.2, 0.25) is 0 Å². The third-order valence-corrected chi connectivity index (χ3v) is 0. The molecule has 19 heteroatoms. The molecule has 58 heavy (non-hydrogen) atoms. The number of aliphatic hydroxyl groups is 13. The molecular weight excluding hydrogens is 1500 g/mol. The first kappa shape index (κ1) is 125. The minimum atomic E-state index is -0.167. The molecule has 0 aliphatic heterocycles. The van der Waals surface area contributed by atoms with E-state index in [1.165, 1.54) is 0 Å². The van der Waals surface area contributed by atoms with Crippen molar-refractivity contribution in [2.75, 3.05) is 0 Å². The van der Waals surface area contributed by atoms with Gasteiger partial charge >= 0.3 is 0 Å². The molecule has 396 valence electrons. The minimum Gasteiger partial charge on any atom is -0.412 e. The van der Waals surface area contributed by atoms with Crippen LogP contribution in [0.1, 0.15) is 180 Å². The predicted octanol–water partition coefficient (Wildman–Crippen LogP) is 4.21. The standard InChI is InChI=1S/13C3H8O.5Dy.H2O/c13*1-3(2)4;;;;;;/h13*3-4H,1-2H3;;;;;;1H2. The molecule has 0 atom stereocenters. The van der Waals surface area contributed by atoms with Gasteiger partial charge in [0.2, 0.25) is 0 Å². The number of aliphatic hydroxyl groups excluding tert-OH is 13. The predicted molar refractivity (Wildman–Crippen MR) is 229 cm³/mol. The van der Waals surface area contributed by atoms with Crippen molar-refractivity contribution in [3.63, 3.8) is 0 Å². The maximum absolute atomic E-state index is 8.06. The van der Waals surface area contributed by atoms with E-state index in [1.54, 1.807) is 180 Å². The van der Waals surface area contributed by atoms with E-state index >= 15 is 0 Å². The van der Waals surface area contributed by atoms with Crippen LogP contribution in [0.5, 0.6) is 0 Å². The first-order valence-electron chi connectivity index (χ1n) is 18.4. The third kappa shape index (κ3) is 6780. The normalized spacial score (nSPS) is 8.07. The molecule has 15 N–H and O–H groups in total. The van der Waals surface area contributed by atoms with Gasteiger partial charge in [-0.1, -0.05) is 0 Å². The van der Waals surface area contributed by atoms with Crippen molar-refractivity contribution < 1.29 is 263 Å². The summed E-state index contributed by atoms with van der Waals surface area (Å²) >= 11 is 0. The van der Waals surface area contributed by atoms with Gasteiger partial charge in [-0.15, -0.1) is 0 Å². The number of hydrogen-bond acceptors (Lipinski definition) is 13. The molecule has 0 saturated carbocycles. The Hall–Kier alpha value is 5.80. The molecule has 0 aliphatic rings. The molecule has 0 amide bonds. The first-order chi connectivity index (χ1) is 22.5. The second-order valence-electron chi connectivity index (χ2n) is 14.2. The van der Waals surface area contributed by atoms with Gasteiger partial charge in [-0.05, 0) is 180 Å². The fraction of sp³-hybridized carbons (Fsp3) is 1.00. The van der Waals surface area contributed by atoms with E-state index in [4.69, 9.17) is 66.4 Å². The van der Waals surface area contributed by atoms with E-state index in [2.05, 4.69) is 0 Å². The molecule has 0 bridgehead atoms. The van der Waals surface area contributed by atoms with Crippen LogP contribution in [0.25, 0.3) is 0 Å². The van der Waals surface area contributed by atoms with Crippen LogP contribution in [0.3, 0.4) is 0 Å². The maximum atomic E-state index is 8.06. The zero-order chi connectivity index (χ0) is 46.5. The number of hydrogen-bond donors (Lipinski definition) is 13. The van der Waals surface area contributed by atoms with Gasteiger partial charge in [0.05, 0.1) is 0 Å². The van der Waals surface area contributed by atoms with Crippen molar-refractivity contribution in [3.8, 4) is 0 Å². The summed E-state index contributed by atoms with van der Waals surface area (Å²) in [7, 11) is 0. The SMILES string of the molecule is CC(C)O.CC(C)O.CC(C)O.CC(C)O.CC(C)O.CC(C)O.CC(C)O.CC(C)O.CC(C)O.CC(C)O.CC(C)O.CC(C)O.CC(C)O.O.[Dy].[Dy].[Dy].[Dy].[Dy]. The summed E-state index contributed by atoms with van der Waals surface area (Å²) in [4.78, 5) is 0. The van der Waals surface area contributed by atoms with Crippen LogP contribution in [-0.4, -0.2) is 151 Å². The summed E-state index contributed by atoms with van der Waals surface area (Å²) in [5.74, 6) is 0. The minimum absolute atomic E-state index is 0. The van der Waals surface area contributed by atoms with Crippen LogP contribution >= 0.6 is 0 Å². The summed E-state index contributed by atoms with van der Waals surface area (Å²) < 4.78 is 0. The Morgan fingerprint density at radius 3 is 0.138 bits per heavy atom. The van der Waals surface area contributed by atoms with Gasteiger partial charge < -0.3 is 71.9 Å². The molecule has 0 spiro atoms. The molecule has 0 rings (SSSR count). The quantitative estimate of drug-likeness (QED) is 0.162. The van der Waals surface area contributed by atoms with Gasteiger partial charge in [0, 0.05) is 270 Å². The van der Waals surface area contributed by atoms with Crippen LogP contribution in [0.15, 0.2) is 0 Å². The third-order valence-electron chi connectivity index (χ3n) is 0. The van der Waals surface area contributed by atoms with Crippen molar-refractivity contribution in [2.45, 2.75) is 259 Å². The van der Waals surface area contributed by atoms with Gasteiger partial charge in [0.1, 0.15) is 0 Å². The van der Waals surface area contributed by atoms with Crippen molar-refractivity contribution in [1.29, 1.82) is 0 Å². The van der Waals surface area contributed by atoms with Crippen molar-refractivity contribution in [2.24, 2.45) is 0 Å². The smallest absolute Gasteiger partial charge is 0.0483 e. The fourth-order valence-corrected chi connectivity index (χ4v) is 0. The van der Waals surface area contributed by atoms with E-state index in [9.17, 15) is 0 Å². The number of rotatable bonds is 0. The molecule has 14 nitrogen and oxygen atoms in total. The summed E-state index contributed by atoms with van der Waals surface area (Å²) in [6, 6.07) is 0. The molecule has 0 aromatic carbocycles. The van der Waals surface area contributed by atoms with Gasteiger partial charge in [-0.25, -0.2) is 0 Å². The zero-order valence-corrected chi connectivity index (χ0v) is 51.5. The molecule has 0 aliphatic carbocycles. The molecule has 0 fully saturated rings. The van der Waals surface area contributed by atoms with Gasteiger partial charge in [0.15, 0.2) is 0 Å². The molecule has 0 radical (unpaired) electrons. The molecular formula is C39H106Dy5O14. The Balaban J connectivity index is -0.0000000166. The molecule has 0 saturated heterocycles. The van der Waals surface area contributed by atoms with E-state index < -0.39 is 0 Å². The Labute approximate surface area is 513 Å². The summed E-state index contributed by atoms with van der Waals surface area (Å²) in [6.07, 6.45) is -2.17. The Kier molecular flexibility index (Phi) is 258. The van der Waals surface area contributed by atoms with Crippen LogP contribution in [0, 0.1) is 191 Å². The van der Waals surface area contributed by atoms with Gasteiger partial charge in [-0.3, -0.25) is 0 Å². The second kappa shape index (κ2) is 120. The summed E-state index contributed by atoms with van der Waals surface area (Å²) in [5.41, 5.74) is 0. The summed E-state index contributed by atoms with van der Waals surface area (Å²) in [6.45, 7) is 44.8. The second-order valence-corrected chi connectivity index (χ2v) is 14.2. The van der Waals surface area contributed by atoms with Crippen LogP contribution in [0.4, 0.5) is 0 Å². The fourth-order valence-electron chi connectivity index (χ4n) is 0. The molecule has 0 aromatic rings. The first-order valence-corrected chi connectivity index (χ1v) is 18.4. The topological polar surface area (TPSA) is 294 Å². The Bertz CT molecular complexity index is 275. The maximum Gasteiger partial charge on any atom is 0.0483 e. The summed E-state index contributed by atoms with van der Waals surface area (Å²) in [5, 5.41) is 105. The molecule has 0 heterocycles. The van der Waals surface area contributed by atoms with E-state index in [0.717, 1.165) is 0 Å². The van der Waals surface area contributed by atoms with Crippen LogP contribution in [-0.2, 0) is 0 Å². The van der Waals surface area contributed by atoms with E-state index in [1.807, 2.05) is 0 Å². The average molecular weight is 1610 g/mol. The Morgan fingerprint density at radius 2 is 0.138 bits per heavy atom. The van der Waals surface area contributed by atoms with E-state index in [0.29, 0.717) is 0 Å². The molecule has 0 aromatic heterocycles. The van der Waals surface area contributed by atoms with Crippen LogP contribution < -0.4 is 0 Å².